The van der Waals surface area contributed by atoms with Crippen molar-refractivity contribution in [3.05, 3.63) is 22.4 Å². The Labute approximate surface area is 122 Å². The Kier molecular flexibility index (Phi) is 3.46. The molecule has 1 saturated heterocycles. The molecule has 1 aromatic heterocycles. The monoisotopic (exact) mass is 294 g/mol. The smallest absolute Gasteiger partial charge is 0.319 e. The molecule has 0 aliphatic carbocycles. The number of carbonyl (C=O) groups excluding carboxylic acids is 3. The van der Waals surface area contributed by atoms with Gasteiger partial charge < -0.3 is 5.32 Å². The van der Waals surface area contributed by atoms with E-state index in [9.17, 15) is 14.4 Å². The second-order valence-corrected chi connectivity index (χ2v) is 7.04. The number of carbonyl (C=O) groups is 3. The Morgan fingerprint density at radius 3 is 2.55 bits per heavy atom. The number of thiophene rings is 1. The fourth-order valence-electron chi connectivity index (χ4n) is 1.95. The number of Topliss-reactive ketones (excluding diaryl/α,β-unsaturated/α-hetero) is 1. The van der Waals surface area contributed by atoms with E-state index in [0.717, 1.165) is 9.78 Å². The second kappa shape index (κ2) is 4.70. The van der Waals surface area contributed by atoms with Gasteiger partial charge >= 0.3 is 6.03 Å². The largest absolute Gasteiger partial charge is 0.325 e. The van der Waals surface area contributed by atoms with Gasteiger partial charge in [-0.15, -0.1) is 11.3 Å². The summed E-state index contributed by atoms with van der Waals surface area (Å²) in [5.41, 5.74) is -1.65. The van der Waals surface area contributed by atoms with Gasteiger partial charge in [0.2, 0.25) is 0 Å². The Hall–Kier alpha value is -1.69. The Bertz CT molecular complexity index is 559. The van der Waals surface area contributed by atoms with Crippen LogP contribution in [0.3, 0.4) is 0 Å². The van der Waals surface area contributed by atoms with Crippen LogP contribution in [0.15, 0.2) is 17.5 Å². The van der Waals surface area contributed by atoms with Crippen LogP contribution in [-0.2, 0) is 15.1 Å². The predicted octanol–water partition coefficient (Wildman–Crippen LogP) is 2.13. The van der Waals surface area contributed by atoms with E-state index in [-0.39, 0.29) is 18.2 Å². The number of rotatable bonds is 3. The van der Waals surface area contributed by atoms with Crippen molar-refractivity contribution in [3.8, 4) is 0 Å². The van der Waals surface area contributed by atoms with Gasteiger partial charge in [-0.1, -0.05) is 26.8 Å². The second-order valence-electron chi connectivity index (χ2n) is 6.10. The first-order valence-electron chi connectivity index (χ1n) is 6.37. The lowest BCUT2D eigenvalue weighted by atomic mass is 9.90. The van der Waals surface area contributed by atoms with Crippen LogP contribution in [0.1, 0.15) is 32.6 Å². The molecule has 2 heterocycles. The highest BCUT2D eigenvalue weighted by Gasteiger charge is 2.50. The summed E-state index contributed by atoms with van der Waals surface area (Å²) in [7, 11) is 0. The van der Waals surface area contributed by atoms with Crippen LogP contribution in [0.25, 0.3) is 0 Å². The van der Waals surface area contributed by atoms with E-state index >= 15 is 0 Å². The van der Waals surface area contributed by atoms with Gasteiger partial charge in [0.15, 0.2) is 11.3 Å². The highest BCUT2D eigenvalue weighted by Crippen LogP contribution is 2.32. The van der Waals surface area contributed by atoms with E-state index in [1.807, 2.05) is 11.4 Å². The highest BCUT2D eigenvalue weighted by molar-refractivity contribution is 7.10. The van der Waals surface area contributed by atoms with E-state index in [2.05, 4.69) is 5.32 Å². The number of nitrogens with zero attached hydrogens (tertiary/aromatic N) is 1. The number of hydrogen-bond acceptors (Lipinski definition) is 4. The number of nitrogens with one attached hydrogen (secondary N) is 1. The summed E-state index contributed by atoms with van der Waals surface area (Å²) in [5, 5.41) is 4.54. The van der Waals surface area contributed by atoms with Crippen molar-refractivity contribution in [1.82, 2.24) is 10.2 Å². The van der Waals surface area contributed by atoms with E-state index in [1.165, 1.54) is 11.3 Å². The Balaban J connectivity index is 2.24. The molecule has 0 aromatic carbocycles. The average molecular weight is 294 g/mol. The minimum atomic E-state index is -1.07. The van der Waals surface area contributed by atoms with Crippen molar-refractivity contribution < 1.29 is 14.4 Å². The lowest BCUT2D eigenvalue weighted by molar-refractivity contribution is -0.136. The summed E-state index contributed by atoms with van der Waals surface area (Å²) in [4.78, 5) is 38.3. The average Bonchev–Trinajstić information content (AvgIpc) is 2.92. The third-order valence-electron chi connectivity index (χ3n) is 3.43. The molecule has 5 nitrogen and oxygen atoms in total. The first kappa shape index (κ1) is 14.7. The molecule has 1 N–H and O–H groups in total. The molecule has 2 rings (SSSR count). The van der Waals surface area contributed by atoms with Gasteiger partial charge in [0.25, 0.3) is 5.91 Å². The van der Waals surface area contributed by atoms with Gasteiger partial charge in [-0.25, -0.2) is 4.79 Å². The lowest BCUT2D eigenvalue weighted by Crippen LogP contribution is -2.42. The fourth-order valence-corrected chi connectivity index (χ4v) is 2.79. The van der Waals surface area contributed by atoms with E-state index < -0.39 is 17.0 Å². The fraction of sp³-hybridized carbons (Fsp3) is 0.500. The SMILES string of the molecule is CC(C)(C)C(=O)CN1C(=O)N[C@@](C)(c2cccs2)C1=O. The maximum absolute atomic E-state index is 12.5. The van der Waals surface area contributed by atoms with E-state index in [0.29, 0.717) is 0 Å². The van der Waals surface area contributed by atoms with Crippen LogP contribution in [0.2, 0.25) is 0 Å². The molecule has 0 spiro atoms. The number of urea groups is 1. The summed E-state index contributed by atoms with van der Waals surface area (Å²) in [6.07, 6.45) is 0. The minimum absolute atomic E-state index is 0.142. The van der Waals surface area contributed by atoms with Crippen molar-refractivity contribution in [3.63, 3.8) is 0 Å². The summed E-state index contributed by atoms with van der Waals surface area (Å²) >= 11 is 1.40. The molecule has 1 aliphatic heterocycles. The topological polar surface area (TPSA) is 66.5 Å². The molecular weight excluding hydrogens is 276 g/mol. The standard InChI is InChI=1S/C14H18N2O3S/c1-13(2,3)9(17)8-16-11(18)14(4,15-12(16)19)10-6-5-7-20-10/h5-7H,8H2,1-4H3,(H,15,19)/t14-/m0/s1. The maximum Gasteiger partial charge on any atom is 0.325 e. The van der Waals surface area contributed by atoms with Crippen molar-refractivity contribution in [2.75, 3.05) is 6.54 Å². The molecule has 0 unspecified atom stereocenters. The molecule has 1 aromatic rings. The normalized spacial score (nSPS) is 23.1. The summed E-state index contributed by atoms with van der Waals surface area (Å²) in [6, 6.07) is 3.12. The first-order chi connectivity index (χ1) is 9.16. The molecule has 0 bridgehead atoms. The van der Waals surface area contributed by atoms with Gasteiger partial charge in [-0.3, -0.25) is 14.5 Å². The third kappa shape index (κ3) is 2.35. The molecule has 3 amide bonds. The molecule has 20 heavy (non-hydrogen) atoms. The minimum Gasteiger partial charge on any atom is -0.319 e. The summed E-state index contributed by atoms with van der Waals surface area (Å²) in [5.74, 6) is -0.515. The molecule has 0 radical (unpaired) electrons. The number of hydrogen-bond donors (Lipinski definition) is 1. The van der Waals surface area contributed by atoms with Crippen molar-refractivity contribution in [1.29, 1.82) is 0 Å². The number of ketones is 1. The quantitative estimate of drug-likeness (QED) is 0.868. The van der Waals surface area contributed by atoms with Gasteiger partial charge in [0, 0.05) is 10.3 Å². The van der Waals surface area contributed by atoms with Crippen LogP contribution in [0, 0.1) is 5.41 Å². The molecule has 0 saturated carbocycles. The van der Waals surface area contributed by atoms with Crippen LogP contribution < -0.4 is 5.32 Å². The highest BCUT2D eigenvalue weighted by atomic mass is 32.1. The van der Waals surface area contributed by atoms with Crippen LogP contribution >= 0.6 is 11.3 Å². The maximum atomic E-state index is 12.5. The van der Waals surface area contributed by atoms with Crippen LogP contribution in [0.4, 0.5) is 4.79 Å². The third-order valence-corrected chi connectivity index (χ3v) is 4.52. The first-order valence-corrected chi connectivity index (χ1v) is 7.25. The van der Waals surface area contributed by atoms with Crippen molar-refractivity contribution >= 4 is 29.1 Å². The number of imide groups is 1. The van der Waals surface area contributed by atoms with Gasteiger partial charge in [0.1, 0.15) is 0 Å². The van der Waals surface area contributed by atoms with Gasteiger partial charge in [-0.2, -0.15) is 0 Å². The van der Waals surface area contributed by atoms with Gasteiger partial charge in [0.05, 0.1) is 6.54 Å². The summed E-state index contributed by atoms with van der Waals surface area (Å²) < 4.78 is 0. The van der Waals surface area contributed by atoms with Crippen molar-refractivity contribution in [2.24, 2.45) is 5.41 Å². The number of amides is 3. The van der Waals surface area contributed by atoms with Crippen LogP contribution in [-0.4, -0.2) is 29.2 Å². The van der Waals surface area contributed by atoms with Gasteiger partial charge in [-0.05, 0) is 18.4 Å². The summed E-state index contributed by atoms with van der Waals surface area (Å²) in [6.45, 7) is 6.79. The molecule has 1 atom stereocenters. The molecule has 108 valence electrons. The van der Waals surface area contributed by atoms with Crippen molar-refractivity contribution in [2.45, 2.75) is 33.2 Å². The Morgan fingerprint density at radius 1 is 1.40 bits per heavy atom. The van der Waals surface area contributed by atoms with E-state index in [4.69, 9.17) is 0 Å². The molecule has 1 aliphatic rings. The van der Waals surface area contributed by atoms with Crippen LogP contribution in [0.5, 0.6) is 0 Å². The zero-order chi connectivity index (χ0) is 15.1. The zero-order valence-electron chi connectivity index (χ0n) is 12.0. The molecular formula is C14H18N2O3S. The Morgan fingerprint density at radius 2 is 2.05 bits per heavy atom. The molecule has 1 fully saturated rings. The predicted molar refractivity (Wildman–Crippen MR) is 76.4 cm³/mol. The molecule has 6 heteroatoms. The zero-order valence-corrected chi connectivity index (χ0v) is 12.8. The van der Waals surface area contributed by atoms with E-state index in [1.54, 1.807) is 33.8 Å². The lowest BCUT2D eigenvalue weighted by Gasteiger charge is -2.22.